The van der Waals surface area contributed by atoms with Crippen LogP contribution < -0.4 is 15.8 Å². The van der Waals surface area contributed by atoms with Gasteiger partial charge in [0.05, 0.1) is 17.9 Å². The Balaban J connectivity index is 0.00000364. The zero-order chi connectivity index (χ0) is 19.3. The summed E-state index contributed by atoms with van der Waals surface area (Å²) in [4.78, 5) is 13.2. The van der Waals surface area contributed by atoms with Crippen LogP contribution in [0.2, 0.25) is 0 Å². The van der Waals surface area contributed by atoms with E-state index in [1.54, 1.807) is 26.2 Å². The van der Waals surface area contributed by atoms with Crippen molar-refractivity contribution in [3.63, 3.8) is 0 Å². The normalized spacial score (nSPS) is 12.1. The molecule has 0 aromatic heterocycles. The number of carbonyl (C=O) groups excluding carboxylic acids is 1. The minimum absolute atomic E-state index is 0. The van der Waals surface area contributed by atoms with Crippen molar-refractivity contribution in [2.45, 2.75) is 29.8 Å². The van der Waals surface area contributed by atoms with Crippen molar-refractivity contribution in [2.75, 3.05) is 12.4 Å². The number of nitrogens with one attached hydrogen (secondary N) is 1. The highest BCUT2D eigenvalue weighted by Gasteiger charge is 2.31. The molecule has 0 radical (unpaired) electrons. The number of hydrogen-bond donors (Lipinski definition) is 2. The van der Waals surface area contributed by atoms with Crippen LogP contribution in [0, 0.1) is 0 Å². The summed E-state index contributed by atoms with van der Waals surface area (Å²) in [5.74, 6) is 0.304. The van der Waals surface area contributed by atoms with Gasteiger partial charge in [0.25, 0.3) is 0 Å². The molecule has 0 saturated carbocycles. The third-order valence-corrected chi connectivity index (χ3v) is 4.68. The molecule has 1 unspecified atom stereocenters. The van der Waals surface area contributed by atoms with E-state index in [9.17, 15) is 18.0 Å². The van der Waals surface area contributed by atoms with Crippen LogP contribution in [0.15, 0.2) is 47.4 Å². The molecule has 0 saturated heterocycles. The molecule has 0 fully saturated rings. The lowest BCUT2D eigenvalue weighted by molar-refractivity contribution is -0.137. The molecule has 27 heavy (non-hydrogen) atoms. The molecule has 1 amide bonds. The van der Waals surface area contributed by atoms with E-state index in [4.69, 9.17) is 10.5 Å². The van der Waals surface area contributed by atoms with Gasteiger partial charge in [-0.3, -0.25) is 4.79 Å². The second kappa shape index (κ2) is 9.87. The van der Waals surface area contributed by atoms with Crippen molar-refractivity contribution in [1.82, 2.24) is 0 Å². The molecule has 3 N–H and O–H groups in total. The molecule has 2 aromatic carbocycles. The second-order valence-corrected chi connectivity index (χ2v) is 6.96. The number of ether oxygens (including phenoxy) is 1. The van der Waals surface area contributed by atoms with E-state index in [-0.39, 0.29) is 24.6 Å². The zero-order valence-electron chi connectivity index (χ0n) is 14.7. The van der Waals surface area contributed by atoms with E-state index in [1.165, 1.54) is 17.8 Å². The molecule has 0 aliphatic rings. The maximum absolute atomic E-state index is 13.0. The third kappa shape index (κ3) is 6.64. The average Bonchev–Trinajstić information content (AvgIpc) is 2.61. The Bertz CT molecular complexity index is 770. The first-order chi connectivity index (χ1) is 12.2. The standard InChI is InChI=1S/C18H19F3N2O2S.ClH/c1-11(26-16-5-3-15(25-2)4-6-16)17(24)23-14-8-12(10-22)7-13(9-14)18(19,20)21;/h3-9,11H,10,22H2,1-2H3,(H,23,24);1H. The van der Waals surface area contributed by atoms with E-state index in [0.717, 1.165) is 17.0 Å². The summed E-state index contributed by atoms with van der Waals surface area (Å²) in [6.45, 7) is 1.63. The third-order valence-electron chi connectivity index (χ3n) is 3.56. The van der Waals surface area contributed by atoms with Gasteiger partial charge in [-0.2, -0.15) is 13.2 Å². The summed E-state index contributed by atoms with van der Waals surface area (Å²) in [6.07, 6.45) is -4.51. The number of nitrogens with two attached hydrogens (primary N) is 1. The van der Waals surface area contributed by atoms with Gasteiger partial charge in [0.2, 0.25) is 5.91 Å². The molecule has 2 rings (SSSR count). The number of alkyl halides is 3. The van der Waals surface area contributed by atoms with Crippen molar-refractivity contribution < 1.29 is 22.7 Å². The van der Waals surface area contributed by atoms with Gasteiger partial charge in [0.15, 0.2) is 0 Å². The molecule has 0 aliphatic heterocycles. The molecule has 0 heterocycles. The van der Waals surface area contributed by atoms with Gasteiger partial charge in [-0.15, -0.1) is 24.2 Å². The highest BCUT2D eigenvalue weighted by Crippen LogP contribution is 2.32. The fourth-order valence-corrected chi connectivity index (χ4v) is 3.07. The quantitative estimate of drug-likeness (QED) is 0.664. The number of carbonyl (C=O) groups is 1. The minimum Gasteiger partial charge on any atom is -0.497 e. The van der Waals surface area contributed by atoms with Crippen molar-refractivity contribution in [1.29, 1.82) is 0 Å². The Kier molecular flexibility index (Phi) is 8.46. The molecule has 0 bridgehead atoms. The number of thioether (sulfide) groups is 1. The molecule has 148 valence electrons. The summed E-state index contributed by atoms with van der Waals surface area (Å²) >= 11 is 1.30. The fourth-order valence-electron chi connectivity index (χ4n) is 2.20. The van der Waals surface area contributed by atoms with Crippen molar-refractivity contribution >= 4 is 35.8 Å². The summed E-state index contributed by atoms with van der Waals surface area (Å²) < 4.78 is 44.0. The molecular formula is C18H20ClF3N2O2S. The van der Waals surface area contributed by atoms with Crippen LogP contribution in [-0.2, 0) is 17.5 Å². The van der Waals surface area contributed by atoms with Crippen molar-refractivity contribution in [3.05, 3.63) is 53.6 Å². The smallest absolute Gasteiger partial charge is 0.416 e. The summed E-state index contributed by atoms with van der Waals surface area (Å²) in [5.41, 5.74) is 4.98. The van der Waals surface area contributed by atoms with Crippen LogP contribution in [-0.4, -0.2) is 18.3 Å². The Morgan fingerprint density at radius 2 is 1.85 bits per heavy atom. The van der Waals surface area contributed by atoms with Crippen LogP contribution in [0.1, 0.15) is 18.1 Å². The zero-order valence-corrected chi connectivity index (χ0v) is 16.3. The number of anilines is 1. The second-order valence-electron chi connectivity index (χ2n) is 5.55. The maximum Gasteiger partial charge on any atom is 0.416 e. The summed E-state index contributed by atoms with van der Waals surface area (Å²) in [5, 5.41) is 2.03. The van der Waals surface area contributed by atoms with Gasteiger partial charge in [-0.1, -0.05) is 0 Å². The lowest BCUT2D eigenvalue weighted by atomic mass is 10.1. The van der Waals surface area contributed by atoms with Crippen LogP contribution in [0.5, 0.6) is 5.75 Å². The molecule has 4 nitrogen and oxygen atoms in total. The molecule has 1 atom stereocenters. The maximum atomic E-state index is 13.0. The van der Waals surface area contributed by atoms with E-state index in [2.05, 4.69) is 5.32 Å². The Hall–Kier alpha value is -1.90. The lowest BCUT2D eigenvalue weighted by Gasteiger charge is -2.15. The van der Waals surface area contributed by atoms with Crippen molar-refractivity contribution in [3.8, 4) is 5.75 Å². The van der Waals surface area contributed by atoms with E-state index >= 15 is 0 Å². The largest absolute Gasteiger partial charge is 0.497 e. The SMILES string of the molecule is COc1ccc(SC(C)C(=O)Nc2cc(CN)cc(C(F)(F)F)c2)cc1.Cl. The van der Waals surface area contributed by atoms with Gasteiger partial charge in [-0.05, 0) is 55.0 Å². The average molecular weight is 421 g/mol. The van der Waals surface area contributed by atoms with Crippen LogP contribution >= 0.6 is 24.2 Å². The predicted molar refractivity (Wildman–Crippen MR) is 104 cm³/mol. The van der Waals surface area contributed by atoms with Gasteiger partial charge in [0.1, 0.15) is 5.75 Å². The molecule has 0 aliphatic carbocycles. The molecular weight excluding hydrogens is 401 g/mol. The van der Waals surface area contributed by atoms with Crippen LogP contribution in [0.3, 0.4) is 0 Å². The summed E-state index contributed by atoms with van der Waals surface area (Å²) in [6, 6.07) is 10.5. The Labute approximate surface area is 166 Å². The lowest BCUT2D eigenvalue weighted by Crippen LogP contribution is -2.23. The number of hydrogen-bond acceptors (Lipinski definition) is 4. The Morgan fingerprint density at radius 3 is 2.37 bits per heavy atom. The first kappa shape index (κ1) is 23.1. The number of halogens is 4. The number of methoxy groups -OCH3 is 1. The predicted octanol–water partition coefficient (Wildman–Crippen LogP) is 4.71. The first-order valence-electron chi connectivity index (χ1n) is 7.75. The van der Waals surface area contributed by atoms with Crippen molar-refractivity contribution in [2.24, 2.45) is 5.73 Å². The Morgan fingerprint density at radius 1 is 1.22 bits per heavy atom. The monoisotopic (exact) mass is 420 g/mol. The molecule has 9 heteroatoms. The minimum atomic E-state index is -4.51. The van der Waals surface area contributed by atoms with Gasteiger partial charge in [-0.25, -0.2) is 0 Å². The highest BCUT2D eigenvalue weighted by atomic mass is 35.5. The van der Waals surface area contributed by atoms with Gasteiger partial charge in [0, 0.05) is 17.1 Å². The van der Waals surface area contributed by atoms with Crippen LogP contribution in [0.25, 0.3) is 0 Å². The van der Waals surface area contributed by atoms with E-state index < -0.39 is 22.9 Å². The van der Waals surface area contributed by atoms with Crippen LogP contribution in [0.4, 0.5) is 18.9 Å². The number of amides is 1. The van der Waals surface area contributed by atoms with Gasteiger partial charge >= 0.3 is 6.18 Å². The molecule has 2 aromatic rings. The first-order valence-corrected chi connectivity index (χ1v) is 8.63. The number of rotatable bonds is 6. The fraction of sp³-hybridized carbons (Fsp3) is 0.278. The summed E-state index contributed by atoms with van der Waals surface area (Å²) in [7, 11) is 1.56. The topological polar surface area (TPSA) is 64.3 Å². The highest BCUT2D eigenvalue weighted by molar-refractivity contribution is 8.00. The van der Waals surface area contributed by atoms with E-state index in [0.29, 0.717) is 11.3 Å². The van der Waals surface area contributed by atoms with E-state index in [1.807, 2.05) is 12.1 Å². The number of benzene rings is 2. The molecule has 0 spiro atoms. The van der Waals surface area contributed by atoms with Gasteiger partial charge < -0.3 is 15.8 Å².